The molecule has 2 aliphatic carbocycles. The third-order valence-electron chi connectivity index (χ3n) is 6.13. The molecule has 0 unspecified atom stereocenters. The summed E-state index contributed by atoms with van der Waals surface area (Å²) in [7, 11) is 0. The summed E-state index contributed by atoms with van der Waals surface area (Å²) in [5, 5.41) is 0. The van der Waals surface area contributed by atoms with Crippen molar-refractivity contribution >= 4 is 0 Å². The Hall–Kier alpha value is -0.990. The lowest BCUT2D eigenvalue weighted by Gasteiger charge is -2.33. The van der Waals surface area contributed by atoms with Gasteiger partial charge < -0.3 is 0 Å². The zero-order valence-electron chi connectivity index (χ0n) is 14.0. The van der Waals surface area contributed by atoms with Gasteiger partial charge in [0.25, 0.3) is 0 Å². The highest BCUT2D eigenvalue weighted by atomic mass is 19.2. The molecule has 3 heteroatoms. The lowest BCUT2D eigenvalue weighted by molar-refractivity contribution is 0.211. The summed E-state index contributed by atoms with van der Waals surface area (Å²) in [6.07, 6.45) is 11.0. The van der Waals surface area contributed by atoms with E-state index in [-0.39, 0.29) is 8.77 Å². The maximum Gasteiger partial charge on any atom is 0.194 e. The first kappa shape index (κ1) is 16.9. The van der Waals surface area contributed by atoms with E-state index < -0.39 is 17.5 Å². The molecule has 0 amide bonds. The van der Waals surface area contributed by atoms with Gasteiger partial charge in [-0.05, 0) is 73.5 Å². The van der Waals surface area contributed by atoms with E-state index in [9.17, 15) is 13.2 Å². The van der Waals surface area contributed by atoms with Crippen LogP contribution in [0.4, 0.5) is 13.2 Å². The van der Waals surface area contributed by atoms with E-state index in [0.717, 1.165) is 43.4 Å². The molecule has 2 fully saturated rings. The van der Waals surface area contributed by atoms with Crippen LogP contribution in [0.15, 0.2) is 12.1 Å². The van der Waals surface area contributed by atoms with Gasteiger partial charge in [0.2, 0.25) is 0 Å². The Balaban J connectivity index is 0.00000156. The van der Waals surface area contributed by atoms with Crippen LogP contribution in [-0.2, 0) is 0 Å². The summed E-state index contributed by atoms with van der Waals surface area (Å²) in [5.41, 5.74) is 0.631. The van der Waals surface area contributed by atoms with E-state index in [2.05, 4.69) is 6.92 Å². The first-order valence-electron chi connectivity index (χ1n) is 9.17. The van der Waals surface area contributed by atoms with E-state index >= 15 is 0 Å². The third kappa shape index (κ3) is 4.10. The summed E-state index contributed by atoms with van der Waals surface area (Å²) in [6.45, 7) is 2.35. The van der Waals surface area contributed by atoms with Gasteiger partial charge in [-0.2, -0.15) is 0 Å². The molecule has 2 saturated carbocycles. The number of benzene rings is 1. The second kappa shape index (κ2) is 7.27. The van der Waals surface area contributed by atoms with Gasteiger partial charge >= 0.3 is 0 Å². The number of halogens is 3. The molecule has 2 aliphatic rings. The third-order valence-corrected chi connectivity index (χ3v) is 6.13. The number of hydrogen-bond donors (Lipinski definition) is 0. The van der Waals surface area contributed by atoms with Crippen molar-refractivity contribution in [3.05, 3.63) is 35.1 Å². The molecule has 0 atom stereocenters. The molecule has 0 bridgehead atoms. The highest BCUT2D eigenvalue weighted by Crippen LogP contribution is 2.41. The average molecular weight is 328 g/mol. The van der Waals surface area contributed by atoms with Gasteiger partial charge in [0.05, 0.1) is 0 Å². The molecule has 0 radical (unpaired) electrons. The Morgan fingerprint density at radius 3 is 1.83 bits per heavy atom. The maximum absolute atomic E-state index is 13.4. The number of hydrogen-bond acceptors (Lipinski definition) is 0. The predicted molar refractivity (Wildman–Crippen MR) is 91.0 cm³/mol. The van der Waals surface area contributed by atoms with Crippen molar-refractivity contribution in [1.82, 2.24) is 0 Å². The summed E-state index contributed by atoms with van der Waals surface area (Å²) in [6, 6.07) is 2.37. The normalized spacial score (nSPS) is 32.0. The van der Waals surface area contributed by atoms with Crippen molar-refractivity contribution in [2.24, 2.45) is 17.8 Å². The summed E-state index contributed by atoms with van der Waals surface area (Å²) < 4.78 is 39.9. The van der Waals surface area contributed by atoms with Crippen LogP contribution in [-0.4, -0.2) is 0 Å². The SMILES string of the molecule is CC1CCC(CC2CCC(c3cc(F)c(F)c(F)c3)CC2)CC1.[HH].[HH]. The smallest absolute Gasteiger partial charge is 0.194 e. The van der Waals surface area contributed by atoms with E-state index in [4.69, 9.17) is 0 Å². The molecule has 3 rings (SSSR count). The van der Waals surface area contributed by atoms with Crippen LogP contribution < -0.4 is 0 Å². The minimum absolute atomic E-state index is 0. The van der Waals surface area contributed by atoms with Crippen LogP contribution in [0.1, 0.15) is 79.0 Å². The predicted octanol–water partition coefficient (Wildman–Crippen LogP) is 7.09. The van der Waals surface area contributed by atoms with Gasteiger partial charge in [0, 0.05) is 2.85 Å². The van der Waals surface area contributed by atoms with Crippen molar-refractivity contribution in [1.29, 1.82) is 0 Å². The van der Waals surface area contributed by atoms with Gasteiger partial charge in [-0.15, -0.1) is 0 Å². The molecule has 0 saturated heterocycles. The Morgan fingerprint density at radius 1 is 0.826 bits per heavy atom. The fourth-order valence-electron chi connectivity index (χ4n) is 4.58. The van der Waals surface area contributed by atoms with Crippen molar-refractivity contribution < 1.29 is 16.0 Å². The summed E-state index contributed by atoms with van der Waals surface area (Å²) in [5.74, 6) is -0.744. The van der Waals surface area contributed by atoms with Crippen LogP contribution in [0.5, 0.6) is 0 Å². The van der Waals surface area contributed by atoms with Crippen molar-refractivity contribution in [3.8, 4) is 0 Å². The largest absolute Gasteiger partial charge is 0.204 e. The minimum atomic E-state index is -1.35. The first-order chi connectivity index (χ1) is 11.0. The molecular formula is C20H31F3. The lowest BCUT2D eigenvalue weighted by atomic mass is 9.72. The van der Waals surface area contributed by atoms with Crippen LogP contribution in [0.25, 0.3) is 0 Å². The monoisotopic (exact) mass is 328 g/mol. The Labute approximate surface area is 140 Å². The Morgan fingerprint density at radius 2 is 1.30 bits per heavy atom. The molecule has 0 aromatic heterocycles. The molecule has 0 heterocycles. The summed E-state index contributed by atoms with van der Waals surface area (Å²) >= 11 is 0. The van der Waals surface area contributed by atoms with Gasteiger partial charge in [0.1, 0.15) is 0 Å². The van der Waals surface area contributed by atoms with E-state index in [1.165, 1.54) is 44.2 Å². The average Bonchev–Trinajstić information content (AvgIpc) is 2.55. The highest BCUT2D eigenvalue weighted by Gasteiger charge is 2.27. The second-order valence-electron chi connectivity index (χ2n) is 7.88. The van der Waals surface area contributed by atoms with Crippen molar-refractivity contribution in [3.63, 3.8) is 0 Å². The first-order valence-corrected chi connectivity index (χ1v) is 9.17. The lowest BCUT2D eigenvalue weighted by Crippen LogP contribution is -2.20. The molecule has 0 spiro atoms. The van der Waals surface area contributed by atoms with Crippen LogP contribution >= 0.6 is 0 Å². The zero-order chi connectivity index (χ0) is 16.4. The molecular weight excluding hydrogens is 297 g/mol. The number of rotatable bonds is 3. The van der Waals surface area contributed by atoms with Gasteiger partial charge in [-0.3, -0.25) is 0 Å². The fraction of sp³-hybridized carbons (Fsp3) is 0.700. The van der Waals surface area contributed by atoms with Gasteiger partial charge in [-0.25, -0.2) is 13.2 Å². The molecule has 0 N–H and O–H groups in total. The molecule has 132 valence electrons. The second-order valence-corrected chi connectivity index (χ2v) is 7.88. The standard InChI is InChI=1S/C20H27F3.2H2/c1-13-2-4-14(5-3-13)10-15-6-8-16(9-7-15)17-11-18(21)20(23)19(22)12-17;;/h11-16H,2-10H2,1H3;2*1H. The van der Waals surface area contributed by atoms with E-state index in [0.29, 0.717) is 5.56 Å². The zero-order valence-corrected chi connectivity index (χ0v) is 14.0. The fourth-order valence-corrected chi connectivity index (χ4v) is 4.58. The van der Waals surface area contributed by atoms with Gasteiger partial charge in [-0.1, -0.05) is 32.6 Å². The van der Waals surface area contributed by atoms with E-state index in [1.807, 2.05) is 0 Å². The Kier molecular flexibility index (Phi) is 5.33. The van der Waals surface area contributed by atoms with E-state index in [1.54, 1.807) is 0 Å². The van der Waals surface area contributed by atoms with Crippen molar-refractivity contribution in [2.45, 2.75) is 70.6 Å². The topological polar surface area (TPSA) is 0 Å². The van der Waals surface area contributed by atoms with Crippen LogP contribution in [0.2, 0.25) is 0 Å². The quantitative estimate of drug-likeness (QED) is 0.520. The van der Waals surface area contributed by atoms with Crippen LogP contribution in [0.3, 0.4) is 0 Å². The van der Waals surface area contributed by atoms with Crippen LogP contribution in [0, 0.1) is 35.2 Å². The maximum atomic E-state index is 13.4. The molecule has 1 aromatic rings. The highest BCUT2D eigenvalue weighted by molar-refractivity contribution is 5.23. The molecule has 1 aromatic carbocycles. The molecule has 0 nitrogen and oxygen atoms in total. The Bertz CT molecular complexity index is 511. The van der Waals surface area contributed by atoms with Gasteiger partial charge in [0.15, 0.2) is 17.5 Å². The molecule has 0 aliphatic heterocycles. The molecule has 23 heavy (non-hydrogen) atoms. The summed E-state index contributed by atoms with van der Waals surface area (Å²) in [4.78, 5) is 0. The van der Waals surface area contributed by atoms with Crippen molar-refractivity contribution in [2.75, 3.05) is 0 Å². The minimum Gasteiger partial charge on any atom is -0.204 e.